The lowest BCUT2D eigenvalue weighted by atomic mass is 10.0. The van der Waals surface area contributed by atoms with Crippen molar-refractivity contribution in [2.45, 2.75) is 26.3 Å². The second kappa shape index (κ2) is 5.57. The van der Waals surface area contributed by atoms with Crippen LogP contribution in [0.15, 0.2) is 12.1 Å². The molecule has 0 bridgehead atoms. The third kappa shape index (κ3) is 4.41. The minimum Gasteiger partial charge on any atom is -0.271 e. The van der Waals surface area contributed by atoms with Crippen molar-refractivity contribution in [3.63, 3.8) is 0 Å². The van der Waals surface area contributed by atoms with Crippen LogP contribution >= 0.6 is 0 Å². The van der Waals surface area contributed by atoms with E-state index in [-0.39, 0.29) is 11.8 Å². The number of nitrogens with one attached hydrogen (secondary N) is 1. The normalized spacial score (nSPS) is 13.6. The van der Waals surface area contributed by atoms with E-state index in [1.807, 2.05) is 26.0 Å². The molecular weight excluding hydrogens is 238 g/mol. The Kier molecular flexibility index (Phi) is 4.62. The molecule has 96 valence electrons. The molecule has 0 amide bonds. The summed E-state index contributed by atoms with van der Waals surface area (Å²) in [5, 5.41) is 0. The summed E-state index contributed by atoms with van der Waals surface area (Å²) in [5.41, 5.74) is 5.40. The maximum absolute atomic E-state index is 11.1. The summed E-state index contributed by atoms with van der Waals surface area (Å²) < 4.78 is 22.3. The highest BCUT2D eigenvalue weighted by atomic mass is 32.2. The number of aryl methyl sites for hydroxylation is 2. The fourth-order valence-corrected chi connectivity index (χ4v) is 2.39. The average molecular weight is 257 g/mol. The second-order valence-corrected chi connectivity index (χ2v) is 6.52. The summed E-state index contributed by atoms with van der Waals surface area (Å²) in [5.74, 6) is 5.57. The second-order valence-electron chi connectivity index (χ2n) is 4.27. The molecule has 0 aromatic carbocycles. The summed E-state index contributed by atoms with van der Waals surface area (Å²) in [6.45, 7) is 3.81. The van der Waals surface area contributed by atoms with Crippen LogP contribution in [-0.4, -0.2) is 25.4 Å². The SMILES string of the molecule is Cc1ccc(C(CCS(C)(=O)=O)NN)c(C)n1. The Hall–Kier alpha value is -0.980. The van der Waals surface area contributed by atoms with E-state index in [9.17, 15) is 8.42 Å². The number of nitrogens with zero attached hydrogens (tertiary/aromatic N) is 1. The van der Waals surface area contributed by atoms with Crippen LogP contribution in [0.25, 0.3) is 0 Å². The van der Waals surface area contributed by atoms with Crippen LogP contribution in [0.2, 0.25) is 0 Å². The third-order valence-corrected chi connectivity index (χ3v) is 3.60. The Morgan fingerprint density at radius 2 is 2.06 bits per heavy atom. The van der Waals surface area contributed by atoms with Crippen molar-refractivity contribution in [2.75, 3.05) is 12.0 Å². The number of aromatic nitrogens is 1. The van der Waals surface area contributed by atoms with Gasteiger partial charge in [-0.25, -0.2) is 8.42 Å². The number of hydrogen-bond acceptors (Lipinski definition) is 5. The fraction of sp³-hybridized carbons (Fsp3) is 0.545. The molecule has 1 unspecified atom stereocenters. The summed E-state index contributed by atoms with van der Waals surface area (Å²) in [4.78, 5) is 4.34. The summed E-state index contributed by atoms with van der Waals surface area (Å²) in [7, 11) is -2.97. The van der Waals surface area contributed by atoms with Gasteiger partial charge in [-0.15, -0.1) is 0 Å². The molecule has 3 N–H and O–H groups in total. The van der Waals surface area contributed by atoms with Crippen molar-refractivity contribution in [1.82, 2.24) is 10.4 Å². The lowest BCUT2D eigenvalue weighted by Gasteiger charge is -2.17. The predicted octanol–water partition coefficient (Wildman–Crippen LogP) is 0.638. The van der Waals surface area contributed by atoms with Crippen molar-refractivity contribution >= 4 is 9.84 Å². The van der Waals surface area contributed by atoms with Gasteiger partial charge in [0.05, 0.1) is 5.75 Å². The van der Waals surface area contributed by atoms with Gasteiger partial charge in [0, 0.05) is 23.7 Å². The quantitative estimate of drug-likeness (QED) is 0.597. The zero-order chi connectivity index (χ0) is 13.1. The van der Waals surface area contributed by atoms with E-state index >= 15 is 0 Å². The van der Waals surface area contributed by atoms with Gasteiger partial charge in [-0.2, -0.15) is 0 Å². The summed E-state index contributed by atoms with van der Waals surface area (Å²) in [6.07, 6.45) is 1.67. The van der Waals surface area contributed by atoms with Crippen LogP contribution in [0.3, 0.4) is 0 Å². The molecule has 0 saturated heterocycles. The van der Waals surface area contributed by atoms with Crippen molar-refractivity contribution < 1.29 is 8.42 Å². The highest BCUT2D eigenvalue weighted by Crippen LogP contribution is 2.19. The standard InChI is InChI=1S/C11H19N3O2S/c1-8-4-5-10(9(2)13-8)11(14-12)6-7-17(3,15)16/h4-5,11,14H,6-7,12H2,1-3H3. The summed E-state index contributed by atoms with van der Waals surface area (Å²) >= 11 is 0. The van der Waals surface area contributed by atoms with E-state index in [4.69, 9.17) is 5.84 Å². The number of rotatable bonds is 5. The molecule has 1 heterocycles. The minimum absolute atomic E-state index is 0.106. The van der Waals surface area contributed by atoms with Crippen LogP contribution in [0.1, 0.15) is 29.4 Å². The molecule has 1 aromatic rings. The number of hydrazine groups is 1. The van der Waals surface area contributed by atoms with Crippen molar-refractivity contribution in [3.05, 3.63) is 29.1 Å². The zero-order valence-electron chi connectivity index (χ0n) is 10.4. The lowest BCUT2D eigenvalue weighted by molar-refractivity contribution is 0.527. The van der Waals surface area contributed by atoms with Crippen LogP contribution < -0.4 is 11.3 Å². The molecule has 0 fully saturated rings. The maximum Gasteiger partial charge on any atom is 0.147 e. The van der Waals surface area contributed by atoms with Gasteiger partial charge in [0.2, 0.25) is 0 Å². The fourth-order valence-electron chi connectivity index (χ4n) is 1.73. The molecule has 0 saturated carbocycles. The van der Waals surface area contributed by atoms with E-state index in [1.165, 1.54) is 6.26 Å². The van der Waals surface area contributed by atoms with Crippen LogP contribution in [0.4, 0.5) is 0 Å². The Bertz CT molecular complexity index is 485. The molecule has 1 aromatic heterocycles. The van der Waals surface area contributed by atoms with Crippen LogP contribution in [0, 0.1) is 13.8 Å². The molecule has 0 spiro atoms. The Morgan fingerprint density at radius 1 is 1.41 bits per heavy atom. The molecule has 6 heteroatoms. The van der Waals surface area contributed by atoms with Gasteiger partial charge in [0.1, 0.15) is 9.84 Å². The first-order valence-corrected chi connectivity index (χ1v) is 7.47. The van der Waals surface area contributed by atoms with E-state index < -0.39 is 9.84 Å². The first kappa shape index (κ1) is 14.1. The minimum atomic E-state index is -2.97. The van der Waals surface area contributed by atoms with Gasteiger partial charge in [0.25, 0.3) is 0 Å². The van der Waals surface area contributed by atoms with Gasteiger partial charge in [-0.3, -0.25) is 16.3 Å². The molecule has 0 radical (unpaired) electrons. The number of hydrogen-bond donors (Lipinski definition) is 2. The first-order chi connectivity index (χ1) is 7.83. The van der Waals surface area contributed by atoms with Crippen molar-refractivity contribution in [3.8, 4) is 0 Å². The Labute approximate surface area is 102 Å². The monoisotopic (exact) mass is 257 g/mol. The average Bonchev–Trinajstić information content (AvgIpc) is 2.19. The first-order valence-electron chi connectivity index (χ1n) is 5.41. The highest BCUT2D eigenvalue weighted by Gasteiger charge is 2.15. The smallest absolute Gasteiger partial charge is 0.147 e. The molecule has 0 aliphatic heterocycles. The van der Waals surface area contributed by atoms with Crippen LogP contribution in [0.5, 0.6) is 0 Å². The van der Waals surface area contributed by atoms with E-state index in [2.05, 4.69) is 10.4 Å². The molecule has 17 heavy (non-hydrogen) atoms. The van der Waals surface area contributed by atoms with Crippen molar-refractivity contribution in [1.29, 1.82) is 0 Å². The molecule has 1 rings (SSSR count). The van der Waals surface area contributed by atoms with Gasteiger partial charge < -0.3 is 0 Å². The van der Waals surface area contributed by atoms with E-state index in [0.717, 1.165) is 17.0 Å². The van der Waals surface area contributed by atoms with Gasteiger partial charge >= 0.3 is 0 Å². The van der Waals surface area contributed by atoms with Gasteiger partial charge in [-0.05, 0) is 31.9 Å². The van der Waals surface area contributed by atoms with Crippen molar-refractivity contribution in [2.24, 2.45) is 5.84 Å². The predicted molar refractivity (Wildman–Crippen MR) is 68.1 cm³/mol. The Morgan fingerprint density at radius 3 is 2.53 bits per heavy atom. The maximum atomic E-state index is 11.1. The molecule has 5 nitrogen and oxygen atoms in total. The molecule has 0 aliphatic carbocycles. The summed E-state index contributed by atoms with van der Waals surface area (Å²) in [6, 6.07) is 3.65. The van der Waals surface area contributed by atoms with E-state index in [0.29, 0.717) is 6.42 Å². The number of sulfone groups is 1. The molecule has 0 aliphatic rings. The lowest BCUT2D eigenvalue weighted by Crippen LogP contribution is -2.30. The highest BCUT2D eigenvalue weighted by molar-refractivity contribution is 7.90. The van der Waals surface area contributed by atoms with Crippen LogP contribution in [-0.2, 0) is 9.84 Å². The number of nitrogens with two attached hydrogens (primary N) is 1. The molecule has 1 atom stereocenters. The topological polar surface area (TPSA) is 85.1 Å². The van der Waals surface area contributed by atoms with E-state index in [1.54, 1.807) is 0 Å². The largest absolute Gasteiger partial charge is 0.271 e. The zero-order valence-corrected chi connectivity index (χ0v) is 11.2. The number of pyridine rings is 1. The molecular formula is C11H19N3O2S. The van der Waals surface area contributed by atoms with Gasteiger partial charge in [0.15, 0.2) is 0 Å². The third-order valence-electron chi connectivity index (χ3n) is 2.62. The Balaban J connectivity index is 2.86. The van der Waals surface area contributed by atoms with Gasteiger partial charge in [-0.1, -0.05) is 6.07 Å².